The molecule has 0 saturated carbocycles. The van der Waals surface area contributed by atoms with Gasteiger partial charge in [-0.2, -0.15) is 0 Å². The predicted octanol–water partition coefficient (Wildman–Crippen LogP) is 5.53. The van der Waals surface area contributed by atoms with Crippen LogP contribution in [-0.4, -0.2) is 51.4 Å². The Balaban J connectivity index is 2.05. The van der Waals surface area contributed by atoms with Crippen LogP contribution in [0, 0.1) is 0 Å². The second kappa shape index (κ2) is 14.4. The number of benzene rings is 3. The topological polar surface area (TPSA) is 96.0 Å². The van der Waals surface area contributed by atoms with Crippen LogP contribution < -0.4 is 14.4 Å². The van der Waals surface area contributed by atoms with E-state index in [1.807, 2.05) is 6.92 Å². The summed E-state index contributed by atoms with van der Waals surface area (Å²) < 4.78 is 33.9. The van der Waals surface area contributed by atoms with Gasteiger partial charge in [0.15, 0.2) is 0 Å². The molecule has 2 amide bonds. The van der Waals surface area contributed by atoms with Crippen molar-refractivity contribution in [1.82, 2.24) is 10.2 Å². The number of anilines is 1. The molecule has 40 heavy (non-hydrogen) atoms. The highest BCUT2D eigenvalue weighted by Crippen LogP contribution is 2.28. The molecule has 0 radical (unpaired) electrons. The van der Waals surface area contributed by atoms with E-state index in [0.29, 0.717) is 34.3 Å². The Bertz CT molecular complexity index is 1400. The Morgan fingerprint density at radius 2 is 1.62 bits per heavy atom. The van der Waals surface area contributed by atoms with Crippen molar-refractivity contribution >= 4 is 50.7 Å². The van der Waals surface area contributed by atoms with Gasteiger partial charge >= 0.3 is 0 Å². The summed E-state index contributed by atoms with van der Waals surface area (Å²) in [6.45, 7) is 3.66. The molecule has 1 atom stereocenters. The molecule has 0 fully saturated rings. The van der Waals surface area contributed by atoms with Gasteiger partial charge in [-0.1, -0.05) is 61.3 Å². The molecular weight excluding hydrogens is 573 g/mol. The summed E-state index contributed by atoms with van der Waals surface area (Å²) in [6, 6.07) is 18.4. The fraction of sp³-hybridized carbons (Fsp3) is 0.310. The van der Waals surface area contributed by atoms with Gasteiger partial charge in [0.1, 0.15) is 18.3 Å². The van der Waals surface area contributed by atoms with Crippen LogP contribution in [0.4, 0.5) is 5.69 Å². The first-order chi connectivity index (χ1) is 19.1. The Labute approximate surface area is 245 Å². The molecule has 0 aromatic heterocycles. The average Bonchev–Trinajstić information content (AvgIpc) is 2.96. The molecule has 1 N–H and O–H groups in total. The molecule has 0 bridgehead atoms. The lowest BCUT2D eigenvalue weighted by atomic mass is 10.1. The van der Waals surface area contributed by atoms with E-state index in [1.165, 1.54) is 24.1 Å². The van der Waals surface area contributed by atoms with Gasteiger partial charge in [0.25, 0.3) is 10.0 Å². The molecular formula is C29H33Cl2N3O5S. The third-order valence-corrected chi connectivity index (χ3v) is 8.77. The fourth-order valence-electron chi connectivity index (χ4n) is 4.12. The van der Waals surface area contributed by atoms with Crippen molar-refractivity contribution in [2.75, 3.05) is 24.5 Å². The van der Waals surface area contributed by atoms with E-state index in [9.17, 15) is 18.0 Å². The summed E-state index contributed by atoms with van der Waals surface area (Å²) in [6.07, 6.45) is 1.04. The van der Waals surface area contributed by atoms with Crippen molar-refractivity contribution < 1.29 is 22.7 Å². The Morgan fingerprint density at radius 3 is 2.20 bits per heavy atom. The lowest BCUT2D eigenvalue weighted by Gasteiger charge is -2.33. The van der Waals surface area contributed by atoms with E-state index in [-0.39, 0.29) is 23.0 Å². The molecule has 3 rings (SSSR count). The zero-order chi connectivity index (χ0) is 29.3. The largest absolute Gasteiger partial charge is 0.497 e. The van der Waals surface area contributed by atoms with Gasteiger partial charge in [0, 0.05) is 13.1 Å². The van der Waals surface area contributed by atoms with Crippen molar-refractivity contribution in [3.8, 4) is 5.75 Å². The lowest BCUT2D eigenvalue weighted by molar-refractivity contribution is -0.140. The first-order valence-electron chi connectivity index (χ1n) is 12.8. The van der Waals surface area contributed by atoms with E-state index < -0.39 is 28.5 Å². The zero-order valence-corrected chi connectivity index (χ0v) is 25.0. The number of rotatable bonds is 13. The number of ether oxygens (including phenoxy) is 1. The number of methoxy groups -OCH3 is 1. The number of carbonyl (C=O) groups excluding carboxylic acids is 2. The van der Waals surface area contributed by atoms with Crippen LogP contribution in [0.1, 0.15) is 32.3 Å². The number of amides is 2. The number of carbonyl (C=O) groups is 2. The maximum atomic E-state index is 14.0. The summed E-state index contributed by atoms with van der Waals surface area (Å²) in [5.74, 6) is -0.341. The normalized spacial score (nSPS) is 11.9. The lowest BCUT2D eigenvalue weighted by Crippen LogP contribution is -2.52. The van der Waals surface area contributed by atoms with Crippen LogP contribution in [0.2, 0.25) is 10.0 Å². The van der Waals surface area contributed by atoms with Crippen LogP contribution in [0.3, 0.4) is 0 Å². The number of nitrogens with zero attached hydrogens (tertiary/aromatic N) is 2. The molecule has 0 aliphatic heterocycles. The van der Waals surface area contributed by atoms with Gasteiger partial charge in [-0.05, 0) is 66.9 Å². The molecule has 3 aromatic rings. The molecule has 3 aromatic carbocycles. The first-order valence-corrected chi connectivity index (χ1v) is 15.0. The van der Waals surface area contributed by atoms with Crippen LogP contribution in [0.25, 0.3) is 0 Å². The number of halogens is 2. The summed E-state index contributed by atoms with van der Waals surface area (Å²) in [7, 11) is -2.64. The Hall–Kier alpha value is -3.27. The van der Waals surface area contributed by atoms with E-state index in [4.69, 9.17) is 27.9 Å². The van der Waals surface area contributed by atoms with Crippen molar-refractivity contribution in [2.24, 2.45) is 0 Å². The second-order valence-electron chi connectivity index (χ2n) is 9.01. The van der Waals surface area contributed by atoms with E-state index in [2.05, 4.69) is 5.32 Å². The summed E-state index contributed by atoms with van der Waals surface area (Å²) in [4.78, 5) is 28.6. The highest BCUT2D eigenvalue weighted by molar-refractivity contribution is 7.92. The van der Waals surface area contributed by atoms with Gasteiger partial charge in [-0.15, -0.1) is 0 Å². The minimum absolute atomic E-state index is 0.0234. The minimum atomic E-state index is -4.15. The summed E-state index contributed by atoms with van der Waals surface area (Å²) in [5.41, 5.74) is 0.919. The average molecular weight is 607 g/mol. The van der Waals surface area contributed by atoms with Crippen molar-refractivity contribution in [3.05, 3.63) is 88.4 Å². The molecule has 0 saturated heterocycles. The van der Waals surface area contributed by atoms with Crippen LogP contribution >= 0.6 is 23.2 Å². The molecule has 0 spiro atoms. The Morgan fingerprint density at radius 1 is 0.950 bits per heavy atom. The van der Waals surface area contributed by atoms with Crippen molar-refractivity contribution in [3.63, 3.8) is 0 Å². The SMILES string of the molecule is CCCNC(=O)[C@H](CC)N(Cc1ccc(Cl)c(Cl)c1)C(=O)CN(c1ccc(OC)cc1)S(=O)(=O)c1ccccc1. The van der Waals surface area contributed by atoms with Crippen LogP contribution in [0.5, 0.6) is 5.75 Å². The zero-order valence-electron chi connectivity index (χ0n) is 22.6. The molecule has 0 aliphatic carbocycles. The van der Waals surface area contributed by atoms with Gasteiger partial charge in [-0.3, -0.25) is 13.9 Å². The molecule has 214 valence electrons. The number of hydrogen-bond donors (Lipinski definition) is 1. The highest BCUT2D eigenvalue weighted by Gasteiger charge is 2.33. The van der Waals surface area contributed by atoms with Crippen LogP contribution in [0.15, 0.2) is 77.7 Å². The smallest absolute Gasteiger partial charge is 0.264 e. The molecule has 0 unspecified atom stereocenters. The molecule has 11 heteroatoms. The van der Waals surface area contributed by atoms with Gasteiger partial charge < -0.3 is 15.0 Å². The molecule has 0 aliphatic rings. The van der Waals surface area contributed by atoms with Crippen molar-refractivity contribution in [1.29, 1.82) is 0 Å². The first kappa shape index (κ1) is 31.3. The fourth-order valence-corrected chi connectivity index (χ4v) is 5.87. The minimum Gasteiger partial charge on any atom is -0.497 e. The summed E-state index contributed by atoms with van der Waals surface area (Å²) in [5, 5.41) is 3.52. The number of hydrogen-bond acceptors (Lipinski definition) is 5. The molecule has 0 heterocycles. The number of nitrogens with one attached hydrogen (secondary N) is 1. The van der Waals surface area contributed by atoms with Gasteiger partial charge in [0.2, 0.25) is 11.8 Å². The van der Waals surface area contributed by atoms with Gasteiger partial charge in [-0.25, -0.2) is 8.42 Å². The maximum absolute atomic E-state index is 14.0. The Kier molecular flexibility index (Phi) is 11.2. The summed E-state index contributed by atoms with van der Waals surface area (Å²) >= 11 is 12.3. The van der Waals surface area contributed by atoms with E-state index in [0.717, 1.165) is 10.7 Å². The standard InChI is InChI=1S/C29H33Cl2N3O5S/c1-4-17-32-29(36)27(5-2)33(19-21-11-16-25(30)26(31)18-21)28(35)20-34(22-12-14-23(39-3)15-13-22)40(37,38)24-9-7-6-8-10-24/h6-16,18,27H,4-5,17,19-20H2,1-3H3,(H,32,36)/t27-/m0/s1. The number of sulfonamides is 1. The highest BCUT2D eigenvalue weighted by atomic mass is 35.5. The van der Waals surface area contributed by atoms with Crippen LogP contribution in [-0.2, 0) is 26.2 Å². The third kappa shape index (κ3) is 7.68. The monoisotopic (exact) mass is 605 g/mol. The maximum Gasteiger partial charge on any atom is 0.264 e. The second-order valence-corrected chi connectivity index (χ2v) is 11.7. The van der Waals surface area contributed by atoms with E-state index >= 15 is 0 Å². The predicted molar refractivity (Wildman–Crippen MR) is 158 cm³/mol. The van der Waals surface area contributed by atoms with Crippen molar-refractivity contribution in [2.45, 2.75) is 44.2 Å². The van der Waals surface area contributed by atoms with E-state index in [1.54, 1.807) is 67.6 Å². The van der Waals surface area contributed by atoms with Gasteiger partial charge in [0.05, 0.1) is 27.7 Å². The third-order valence-electron chi connectivity index (χ3n) is 6.24. The molecule has 8 nitrogen and oxygen atoms in total. The quantitative estimate of drug-likeness (QED) is 0.276.